The SMILES string of the molecule is CN(C)c1ccc(-n2cccc2/C=C2\NC(=O)N(Cc3ccc(F)cc3)C2=O)cc1. The Labute approximate surface area is 173 Å². The quantitative estimate of drug-likeness (QED) is 0.520. The predicted octanol–water partition coefficient (Wildman–Crippen LogP) is 3.78. The summed E-state index contributed by atoms with van der Waals surface area (Å²) in [5, 5.41) is 2.63. The summed E-state index contributed by atoms with van der Waals surface area (Å²) in [6.07, 6.45) is 3.55. The van der Waals surface area contributed by atoms with Crippen LogP contribution in [0.4, 0.5) is 14.9 Å². The van der Waals surface area contributed by atoms with E-state index in [4.69, 9.17) is 0 Å². The summed E-state index contributed by atoms with van der Waals surface area (Å²) in [6.45, 7) is 0.0787. The Morgan fingerprint density at radius 1 is 1.00 bits per heavy atom. The molecular formula is C23H21FN4O2. The highest BCUT2D eigenvalue weighted by Gasteiger charge is 2.33. The average Bonchev–Trinajstić information content (AvgIpc) is 3.30. The molecule has 3 aromatic rings. The molecule has 152 valence electrons. The van der Waals surface area contributed by atoms with E-state index in [0.29, 0.717) is 5.56 Å². The number of aromatic nitrogens is 1. The minimum Gasteiger partial charge on any atom is -0.378 e. The maximum Gasteiger partial charge on any atom is 0.329 e. The van der Waals surface area contributed by atoms with E-state index in [9.17, 15) is 14.0 Å². The summed E-state index contributed by atoms with van der Waals surface area (Å²) in [5.41, 5.74) is 3.66. The minimum absolute atomic E-state index is 0.0787. The molecule has 0 spiro atoms. The Kier molecular flexibility index (Phi) is 5.10. The molecule has 1 aromatic heterocycles. The third kappa shape index (κ3) is 3.82. The van der Waals surface area contributed by atoms with Crippen molar-refractivity contribution in [2.45, 2.75) is 6.54 Å². The van der Waals surface area contributed by atoms with Gasteiger partial charge < -0.3 is 14.8 Å². The van der Waals surface area contributed by atoms with E-state index in [1.165, 1.54) is 12.1 Å². The van der Waals surface area contributed by atoms with E-state index in [0.717, 1.165) is 22.0 Å². The van der Waals surface area contributed by atoms with Gasteiger partial charge >= 0.3 is 6.03 Å². The molecule has 1 aliphatic rings. The lowest BCUT2D eigenvalue weighted by Gasteiger charge is -2.14. The number of nitrogens with zero attached hydrogens (tertiary/aromatic N) is 3. The van der Waals surface area contributed by atoms with Crippen molar-refractivity contribution >= 4 is 23.7 Å². The van der Waals surface area contributed by atoms with Crippen molar-refractivity contribution in [2.75, 3.05) is 19.0 Å². The summed E-state index contributed by atoms with van der Waals surface area (Å²) < 4.78 is 15.0. The van der Waals surface area contributed by atoms with Crippen molar-refractivity contribution in [2.24, 2.45) is 0 Å². The Morgan fingerprint density at radius 2 is 1.70 bits per heavy atom. The first-order valence-electron chi connectivity index (χ1n) is 9.46. The van der Waals surface area contributed by atoms with E-state index in [-0.39, 0.29) is 18.1 Å². The smallest absolute Gasteiger partial charge is 0.329 e. The molecular weight excluding hydrogens is 383 g/mol. The van der Waals surface area contributed by atoms with E-state index in [1.807, 2.05) is 66.2 Å². The van der Waals surface area contributed by atoms with Crippen LogP contribution in [-0.2, 0) is 11.3 Å². The second-order valence-electron chi connectivity index (χ2n) is 7.22. The standard InChI is InChI=1S/C23H21FN4O2/c1-26(2)18-9-11-19(12-10-18)27-13-3-4-20(27)14-21-22(29)28(23(30)25-21)15-16-5-7-17(24)8-6-16/h3-14H,15H2,1-2H3,(H,25,30)/b21-14-. The third-order valence-electron chi connectivity index (χ3n) is 4.93. The zero-order valence-corrected chi connectivity index (χ0v) is 16.7. The highest BCUT2D eigenvalue weighted by molar-refractivity contribution is 6.13. The second kappa shape index (κ2) is 7.87. The third-order valence-corrected chi connectivity index (χ3v) is 4.93. The normalized spacial score (nSPS) is 15.0. The minimum atomic E-state index is -0.496. The van der Waals surface area contributed by atoms with Crippen LogP contribution < -0.4 is 10.2 Å². The molecule has 4 rings (SSSR count). The van der Waals surface area contributed by atoms with Crippen molar-refractivity contribution in [1.82, 2.24) is 14.8 Å². The van der Waals surface area contributed by atoms with Crippen molar-refractivity contribution in [3.63, 3.8) is 0 Å². The lowest BCUT2D eigenvalue weighted by molar-refractivity contribution is -0.123. The van der Waals surface area contributed by atoms with Crippen LogP contribution in [0.1, 0.15) is 11.3 Å². The first-order valence-corrected chi connectivity index (χ1v) is 9.46. The van der Waals surface area contributed by atoms with Crippen LogP contribution in [0.3, 0.4) is 0 Å². The average molecular weight is 404 g/mol. The zero-order valence-electron chi connectivity index (χ0n) is 16.7. The highest BCUT2D eigenvalue weighted by Crippen LogP contribution is 2.21. The molecule has 3 amide bonds. The fourth-order valence-corrected chi connectivity index (χ4v) is 3.29. The maximum absolute atomic E-state index is 13.1. The molecule has 0 atom stereocenters. The Bertz CT molecular complexity index is 1110. The van der Waals surface area contributed by atoms with Gasteiger partial charge in [0.1, 0.15) is 11.5 Å². The van der Waals surface area contributed by atoms with E-state index >= 15 is 0 Å². The summed E-state index contributed by atoms with van der Waals surface area (Å²) in [6, 6.07) is 17.0. The lowest BCUT2D eigenvalue weighted by atomic mass is 10.2. The Morgan fingerprint density at radius 3 is 2.37 bits per heavy atom. The zero-order chi connectivity index (χ0) is 21.3. The number of nitrogens with one attached hydrogen (secondary N) is 1. The molecule has 1 N–H and O–H groups in total. The van der Waals surface area contributed by atoms with Gasteiger partial charge in [0.05, 0.1) is 6.54 Å². The van der Waals surface area contributed by atoms with Crippen LogP contribution in [0.5, 0.6) is 0 Å². The molecule has 0 unspecified atom stereocenters. The number of hydrogen-bond acceptors (Lipinski definition) is 3. The van der Waals surface area contributed by atoms with Gasteiger partial charge in [-0.05, 0) is 60.2 Å². The number of halogens is 1. The van der Waals surface area contributed by atoms with E-state index in [2.05, 4.69) is 5.32 Å². The van der Waals surface area contributed by atoms with Crippen molar-refractivity contribution in [3.8, 4) is 5.69 Å². The Balaban J connectivity index is 1.57. The van der Waals surface area contributed by atoms with E-state index < -0.39 is 11.9 Å². The van der Waals surface area contributed by atoms with Gasteiger partial charge in [-0.2, -0.15) is 0 Å². The van der Waals surface area contributed by atoms with E-state index in [1.54, 1.807) is 18.2 Å². The van der Waals surface area contributed by atoms with Crippen LogP contribution in [0, 0.1) is 5.82 Å². The number of urea groups is 1. The number of hydrogen-bond donors (Lipinski definition) is 1. The van der Waals surface area contributed by atoms with Gasteiger partial charge in [-0.25, -0.2) is 9.18 Å². The molecule has 0 bridgehead atoms. The number of amides is 3. The molecule has 1 saturated heterocycles. The number of benzene rings is 2. The van der Waals surface area contributed by atoms with Crippen LogP contribution in [0.25, 0.3) is 11.8 Å². The van der Waals surface area contributed by atoms with Crippen molar-refractivity contribution in [1.29, 1.82) is 0 Å². The number of imide groups is 1. The first-order chi connectivity index (χ1) is 14.4. The summed E-state index contributed by atoms with van der Waals surface area (Å²) in [7, 11) is 3.96. The molecule has 0 aliphatic carbocycles. The molecule has 7 heteroatoms. The number of carbonyl (C=O) groups excluding carboxylic acids is 2. The van der Waals surface area contributed by atoms with Crippen molar-refractivity contribution in [3.05, 3.63) is 89.6 Å². The van der Waals surface area contributed by atoms with Gasteiger partial charge in [0, 0.05) is 37.4 Å². The van der Waals surface area contributed by atoms with Crippen LogP contribution in [0.15, 0.2) is 72.6 Å². The topological polar surface area (TPSA) is 57.6 Å². The summed E-state index contributed by atoms with van der Waals surface area (Å²) in [4.78, 5) is 28.2. The second-order valence-corrected chi connectivity index (χ2v) is 7.22. The largest absolute Gasteiger partial charge is 0.378 e. The van der Waals surface area contributed by atoms with Gasteiger partial charge in [0.25, 0.3) is 5.91 Å². The molecule has 30 heavy (non-hydrogen) atoms. The number of anilines is 1. The maximum atomic E-state index is 13.1. The fourth-order valence-electron chi connectivity index (χ4n) is 3.29. The van der Waals surface area contributed by atoms with Gasteiger partial charge in [0.2, 0.25) is 0 Å². The van der Waals surface area contributed by atoms with Gasteiger partial charge in [-0.3, -0.25) is 9.69 Å². The van der Waals surface area contributed by atoms with Crippen LogP contribution in [0.2, 0.25) is 0 Å². The molecule has 1 fully saturated rings. The van der Waals surface area contributed by atoms with Gasteiger partial charge in [0.15, 0.2) is 0 Å². The van der Waals surface area contributed by atoms with Crippen LogP contribution in [-0.4, -0.2) is 35.5 Å². The molecule has 6 nitrogen and oxygen atoms in total. The van der Waals surface area contributed by atoms with Crippen LogP contribution >= 0.6 is 0 Å². The molecule has 1 aliphatic heterocycles. The van der Waals surface area contributed by atoms with Gasteiger partial charge in [-0.1, -0.05) is 12.1 Å². The first kappa shape index (κ1) is 19.4. The lowest BCUT2D eigenvalue weighted by Crippen LogP contribution is -2.30. The fraction of sp³-hybridized carbons (Fsp3) is 0.130. The molecule has 2 aromatic carbocycles. The summed E-state index contributed by atoms with van der Waals surface area (Å²) in [5.74, 6) is -0.782. The summed E-state index contributed by atoms with van der Waals surface area (Å²) >= 11 is 0. The van der Waals surface area contributed by atoms with Gasteiger partial charge in [-0.15, -0.1) is 0 Å². The van der Waals surface area contributed by atoms with Crippen molar-refractivity contribution < 1.29 is 14.0 Å². The monoisotopic (exact) mass is 404 g/mol. The highest BCUT2D eigenvalue weighted by atomic mass is 19.1. The predicted molar refractivity (Wildman–Crippen MR) is 114 cm³/mol. The molecule has 2 heterocycles. The number of rotatable bonds is 5. The molecule has 0 saturated carbocycles. The molecule has 0 radical (unpaired) electrons. The number of carbonyl (C=O) groups is 2. The Hall–Kier alpha value is -3.87.